The average molecular weight is 303 g/mol. The quantitative estimate of drug-likeness (QED) is 0.821. The molecule has 1 aromatic heterocycles. The molecule has 1 aliphatic heterocycles. The molecule has 1 aromatic rings. The summed E-state index contributed by atoms with van der Waals surface area (Å²) in [6, 6.07) is 3.39. The third-order valence-corrected chi connectivity index (χ3v) is 6.33. The first-order valence-electron chi connectivity index (χ1n) is 6.62. The van der Waals surface area contributed by atoms with Gasteiger partial charge in [0, 0.05) is 24.5 Å². The van der Waals surface area contributed by atoms with E-state index in [-0.39, 0.29) is 0 Å². The van der Waals surface area contributed by atoms with Crippen molar-refractivity contribution in [1.29, 1.82) is 0 Å². The van der Waals surface area contributed by atoms with Gasteiger partial charge < -0.3 is 10.6 Å². The first kappa shape index (κ1) is 14.9. The Morgan fingerprint density at radius 2 is 2.00 bits per heavy atom. The Bertz CT molecular complexity index is 493. The summed E-state index contributed by atoms with van der Waals surface area (Å²) in [5.74, 6) is 0. The molecule has 0 spiro atoms. The summed E-state index contributed by atoms with van der Waals surface area (Å²) in [7, 11) is -3.36. The smallest absolute Gasteiger partial charge is 0.250 e. The van der Waals surface area contributed by atoms with E-state index >= 15 is 0 Å². The third kappa shape index (κ3) is 4.25. The van der Waals surface area contributed by atoms with Gasteiger partial charge in [-0.1, -0.05) is 6.42 Å². The number of hydrogen-bond acceptors (Lipinski definition) is 5. The van der Waals surface area contributed by atoms with Crippen molar-refractivity contribution in [1.82, 2.24) is 9.62 Å². The largest absolute Gasteiger partial charge is 0.326 e. The van der Waals surface area contributed by atoms with Crippen molar-refractivity contribution in [2.75, 3.05) is 26.2 Å². The average Bonchev–Trinajstić information content (AvgIpc) is 2.89. The van der Waals surface area contributed by atoms with Crippen LogP contribution in [0.25, 0.3) is 0 Å². The summed E-state index contributed by atoms with van der Waals surface area (Å²) >= 11 is 1.24. The summed E-state index contributed by atoms with van der Waals surface area (Å²) in [6.45, 7) is 3.80. The Hall–Kier alpha value is -0.470. The molecule has 0 radical (unpaired) electrons. The molecule has 108 valence electrons. The second-order valence-electron chi connectivity index (χ2n) is 4.72. The Kier molecular flexibility index (Phi) is 5.35. The Morgan fingerprint density at radius 3 is 2.63 bits per heavy atom. The number of rotatable bonds is 6. The first-order valence-corrected chi connectivity index (χ1v) is 8.92. The summed E-state index contributed by atoms with van der Waals surface area (Å²) in [6.07, 6.45) is 3.73. The lowest BCUT2D eigenvalue weighted by atomic mass is 10.1. The van der Waals surface area contributed by atoms with Crippen LogP contribution in [-0.4, -0.2) is 39.5 Å². The van der Waals surface area contributed by atoms with Crippen LogP contribution in [-0.2, 0) is 16.6 Å². The van der Waals surface area contributed by atoms with E-state index < -0.39 is 10.0 Å². The number of hydrogen-bond donors (Lipinski definition) is 2. The lowest BCUT2D eigenvalue weighted by Crippen LogP contribution is -2.37. The van der Waals surface area contributed by atoms with E-state index in [4.69, 9.17) is 5.73 Å². The van der Waals surface area contributed by atoms with Crippen molar-refractivity contribution >= 4 is 21.4 Å². The normalized spacial score (nSPS) is 17.7. The van der Waals surface area contributed by atoms with Gasteiger partial charge in [-0.15, -0.1) is 11.3 Å². The molecule has 0 aromatic carbocycles. The second kappa shape index (κ2) is 6.81. The molecule has 0 saturated carbocycles. The van der Waals surface area contributed by atoms with Gasteiger partial charge in [-0.05, 0) is 38.1 Å². The molecule has 7 heteroatoms. The van der Waals surface area contributed by atoms with Crippen molar-refractivity contribution in [2.24, 2.45) is 5.73 Å². The van der Waals surface area contributed by atoms with E-state index in [0.717, 1.165) is 24.5 Å². The lowest BCUT2D eigenvalue weighted by Gasteiger charge is -2.26. The minimum absolute atomic E-state index is 0.353. The Labute approximate surface area is 118 Å². The van der Waals surface area contributed by atoms with Crippen molar-refractivity contribution in [3.05, 3.63) is 17.0 Å². The van der Waals surface area contributed by atoms with Crippen LogP contribution < -0.4 is 10.5 Å². The minimum atomic E-state index is -3.36. The molecule has 0 atom stereocenters. The standard InChI is InChI=1S/C12H21N3O2S2/c13-10-11-4-5-12(18-11)19(16,17)14-6-9-15-7-2-1-3-8-15/h4-5,14H,1-3,6-10,13H2. The van der Waals surface area contributed by atoms with Gasteiger partial charge in [0.25, 0.3) is 0 Å². The van der Waals surface area contributed by atoms with Gasteiger partial charge in [0.15, 0.2) is 0 Å². The van der Waals surface area contributed by atoms with Crippen LogP contribution in [0, 0.1) is 0 Å². The van der Waals surface area contributed by atoms with Gasteiger partial charge in [-0.3, -0.25) is 0 Å². The summed E-state index contributed by atoms with van der Waals surface area (Å²) in [4.78, 5) is 3.20. The van der Waals surface area contributed by atoms with E-state index in [1.165, 1.54) is 30.6 Å². The fourth-order valence-corrected chi connectivity index (χ4v) is 4.50. The van der Waals surface area contributed by atoms with Crippen LogP contribution in [0.3, 0.4) is 0 Å². The van der Waals surface area contributed by atoms with Crippen LogP contribution in [0.15, 0.2) is 16.3 Å². The summed E-state index contributed by atoms with van der Waals surface area (Å²) in [5.41, 5.74) is 5.49. The maximum Gasteiger partial charge on any atom is 0.250 e. The predicted molar refractivity (Wildman–Crippen MR) is 77.7 cm³/mol. The zero-order valence-electron chi connectivity index (χ0n) is 11.0. The molecule has 1 fully saturated rings. The molecule has 2 rings (SSSR count). The van der Waals surface area contributed by atoms with Crippen LogP contribution in [0.4, 0.5) is 0 Å². The van der Waals surface area contributed by atoms with Crippen molar-refractivity contribution in [2.45, 2.75) is 30.0 Å². The first-order chi connectivity index (χ1) is 9.12. The molecule has 0 amide bonds. The fourth-order valence-electron chi connectivity index (χ4n) is 2.20. The number of nitrogens with two attached hydrogens (primary N) is 1. The van der Waals surface area contributed by atoms with E-state index in [2.05, 4.69) is 9.62 Å². The third-order valence-electron chi connectivity index (χ3n) is 3.27. The fraction of sp³-hybridized carbons (Fsp3) is 0.667. The zero-order valence-corrected chi connectivity index (χ0v) is 12.6. The van der Waals surface area contributed by atoms with Crippen molar-refractivity contribution in [3.63, 3.8) is 0 Å². The van der Waals surface area contributed by atoms with Gasteiger partial charge in [-0.25, -0.2) is 13.1 Å². The SMILES string of the molecule is NCc1ccc(S(=O)(=O)NCCN2CCCCC2)s1. The Morgan fingerprint density at radius 1 is 1.26 bits per heavy atom. The molecular formula is C12H21N3O2S2. The van der Waals surface area contributed by atoms with Gasteiger partial charge in [0.05, 0.1) is 0 Å². The number of piperidine rings is 1. The summed E-state index contributed by atoms with van der Waals surface area (Å²) < 4.78 is 27.1. The highest BCUT2D eigenvalue weighted by atomic mass is 32.2. The molecule has 3 N–H and O–H groups in total. The summed E-state index contributed by atoms with van der Waals surface area (Å²) in [5, 5.41) is 0. The molecule has 1 aliphatic rings. The van der Waals surface area contributed by atoms with Crippen molar-refractivity contribution < 1.29 is 8.42 Å². The maximum absolute atomic E-state index is 12.0. The Balaban J connectivity index is 1.83. The van der Waals surface area contributed by atoms with Gasteiger partial charge in [-0.2, -0.15) is 0 Å². The molecule has 19 heavy (non-hydrogen) atoms. The van der Waals surface area contributed by atoms with Gasteiger partial charge in [0.2, 0.25) is 10.0 Å². The topological polar surface area (TPSA) is 75.4 Å². The highest BCUT2D eigenvalue weighted by molar-refractivity contribution is 7.91. The second-order valence-corrected chi connectivity index (χ2v) is 7.89. The molecule has 0 aliphatic carbocycles. The number of sulfonamides is 1. The molecule has 1 saturated heterocycles. The highest BCUT2D eigenvalue weighted by Gasteiger charge is 2.17. The molecule has 2 heterocycles. The molecule has 0 unspecified atom stereocenters. The van der Waals surface area contributed by atoms with Crippen LogP contribution in [0.1, 0.15) is 24.1 Å². The van der Waals surface area contributed by atoms with Gasteiger partial charge in [0.1, 0.15) is 4.21 Å². The number of likely N-dealkylation sites (tertiary alicyclic amines) is 1. The molecular weight excluding hydrogens is 282 g/mol. The van der Waals surface area contributed by atoms with Crippen LogP contribution in [0.2, 0.25) is 0 Å². The highest BCUT2D eigenvalue weighted by Crippen LogP contribution is 2.20. The number of nitrogens with one attached hydrogen (secondary N) is 1. The van der Waals surface area contributed by atoms with Crippen LogP contribution in [0.5, 0.6) is 0 Å². The maximum atomic E-state index is 12.0. The van der Waals surface area contributed by atoms with Crippen LogP contribution >= 0.6 is 11.3 Å². The van der Waals surface area contributed by atoms with Gasteiger partial charge >= 0.3 is 0 Å². The van der Waals surface area contributed by atoms with E-state index in [9.17, 15) is 8.42 Å². The predicted octanol–water partition coefficient (Wildman–Crippen LogP) is 0.971. The van der Waals surface area contributed by atoms with E-state index in [0.29, 0.717) is 17.3 Å². The monoisotopic (exact) mass is 303 g/mol. The zero-order chi connectivity index (χ0) is 13.7. The lowest BCUT2D eigenvalue weighted by molar-refractivity contribution is 0.233. The number of thiophene rings is 1. The number of nitrogens with zero attached hydrogens (tertiary/aromatic N) is 1. The minimum Gasteiger partial charge on any atom is -0.326 e. The van der Waals surface area contributed by atoms with E-state index in [1.54, 1.807) is 12.1 Å². The molecule has 0 bridgehead atoms. The molecule has 5 nitrogen and oxygen atoms in total. The van der Waals surface area contributed by atoms with Crippen molar-refractivity contribution in [3.8, 4) is 0 Å². The van der Waals surface area contributed by atoms with E-state index in [1.807, 2.05) is 0 Å².